The van der Waals surface area contributed by atoms with Crippen LogP contribution in [0.5, 0.6) is 0 Å². The maximum atomic E-state index is 12.8. The third-order valence-corrected chi connectivity index (χ3v) is 6.54. The predicted octanol–water partition coefficient (Wildman–Crippen LogP) is 3.30. The second kappa shape index (κ2) is 9.75. The zero-order valence-electron chi connectivity index (χ0n) is 18.2. The first-order chi connectivity index (χ1) is 15.4. The summed E-state index contributed by atoms with van der Waals surface area (Å²) < 4.78 is 5.70. The summed E-state index contributed by atoms with van der Waals surface area (Å²) >= 11 is 1.60. The molecule has 2 aliphatic heterocycles. The van der Waals surface area contributed by atoms with Crippen molar-refractivity contribution in [2.45, 2.75) is 43.9 Å². The Morgan fingerprint density at radius 2 is 1.78 bits per heavy atom. The van der Waals surface area contributed by atoms with Crippen LogP contribution in [0.15, 0.2) is 47.4 Å². The fourth-order valence-corrected chi connectivity index (χ4v) is 4.87. The van der Waals surface area contributed by atoms with Crippen LogP contribution in [0, 0.1) is 0 Å². The minimum atomic E-state index is -0.215. The van der Waals surface area contributed by atoms with Crippen LogP contribution in [-0.2, 0) is 16.1 Å². The average Bonchev–Trinajstić information content (AvgIpc) is 2.96. The second-order valence-electron chi connectivity index (χ2n) is 8.20. The first kappa shape index (κ1) is 22.4. The van der Waals surface area contributed by atoms with E-state index >= 15 is 0 Å². The molecule has 0 aliphatic carbocycles. The molecule has 2 N–H and O–H groups in total. The summed E-state index contributed by atoms with van der Waals surface area (Å²) in [6.07, 6.45) is 0.511. The van der Waals surface area contributed by atoms with Crippen LogP contribution in [0.2, 0.25) is 0 Å². The number of carbonyl (C=O) groups is 3. The van der Waals surface area contributed by atoms with E-state index in [0.29, 0.717) is 42.9 Å². The van der Waals surface area contributed by atoms with E-state index in [4.69, 9.17) is 4.74 Å². The van der Waals surface area contributed by atoms with E-state index < -0.39 is 0 Å². The molecule has 32 heavy (non-hydrogen) atoms. The molecule has 2 aromatic carbocycles. The smallest absolute Gasteiger partial charge is 0.254 e. The molecule has 0 aromatic heterocycles. The van der Waals surface area contributed by atoms with Crippen molar-refractivity contribution in [1.29, 1.82) is 0 Å². The molecule has 2 heterocycles. The van der Waals surface area contributed by atoms with E-state index in [2.05, 4.69) is 10.6 Å². The van der Waals surface area contributed by atoms with Gasteiger partial charge in [-0.1, -0.05) is 12.1 Å². The monoisotopic (exact) mass is 453 g/mol. The Morgan fingerprint density at radius 1 is 1.09 bits per heavy atom. The zero-order chi connectivity index (χ0) is 22.7. The number of thioether (sulfide) groups is 1. The van der Waals surface area contributed by atoms with Crippen molar-refractivity contribution in [3.63, 3.8) is 0 Å². The largest absolute Gasteiger partial charge is 0.372 e. The summed E-state index contributed by atoms with van der Waals surface area (Å²) in [5.41, 5.74) is 2.70. The highest BCUT2D eigenvalue weighted by Gasteiger charge is 2.26. The number of rotatable bonds is 4. The van der Waals surface area contributed by atoms with Gasteiger partial charge in [-0.3, -0.25) is 14.4 Å². The topological polar surface area (TPSA) is 87.7 Å². The van der Waals surface area contributed by atoms with Gasteiger partial charge in [0.15, 0.2) is 0 Å². The molecule has 2 unspecified atom stereocenters. The third-order valence-electron chi connectivity index (χ3n) is 5.46. The number of nitrogens with one attached hydrogen (secondary N) is 2. The molecule has 1 saturated heterocycles. The molecule has 0 spiro atoms. The number of nitrogens with zero attached hydrogens (tertiary/aromatic N) is 1. The Hall–Kier alpha value is -2.84. The van der Waals surface area contributed by atoms with Crippen LogP contribution in [0.4, 0.5) is 5.69 Å². The van der Waals surface area contributed by atoms with Gasteiger partial charge in [0, 0.05) is 47.8 Å². The minimum Gasteiger partial charge on any atom is -0.372 e. The molecule has 168 valence electrons. The van der Waals surface area contributed by atoms with Gasteiger partial charge in [0.1, 0.15) is 0 Å². The van der Waals surface area contributed by atoms with Gasteiger partial charge in [0.2, 0.25) is 5.91 Å². The predicted molar refractivity (Wildman–Crippen MR) is 124 cm³/mol. The van der Waals surface area contributed by atoms with Crippen LogP contribution in [0.1, 0.15) is 46.5 Å². The van der Waals surface area contributed by atoms with Gasteiger partial charge >= 0.3 is 0 Å². The van der Waals surface area contributed by atoms with Crippen molar-refractivity contribution in [2.24, 2.45) is 0 Å². The van der Waals surface area contributed by atoms with E-state index in [1.165, 1.54) is 0 Å². The number of benzene rings is 2. The molecule has 2 aliphatic rings. The Bertz CT molecular complexity index is 1010. The molecule has 2 atom stereocenters. The Labute approximate surface area is 191 Å². The molecule has 2 aromatic rings. The van der Waals surface area contributed by atoms with Crippen LogP contribution >= 0.6 is 11.8 Å². The summed E-state index contributed by atoms with van der Waals surface area (Å²) in [4.78, 5) is 40.0. The maximum absolute atomic E-state index is 12.8. The number of hydrogen-bond acceptors (Lipinski definition) is 5. The normalized spacial score (nSPS) is 20.7. The minimum absolute atomic E-state index is 0.00696. The summed E-state index contributed by atoms with van der Waals surface area (Å²) in [6.45, 7) is 5.45. The molecular formula is C24H27N3O4S. The molecule has 0 bridgehead atoms. The summed E-state index contributed by atoms with van der Waals surface area (Å²) in [7, 11) is 0. The van der Waals surface area contributed by atoms with Gasteiger partial charge in [0.25, 0.3) is 11.8 Å². The van der Waals surface area contributed by atoms with Crippen LogP contribution < -0.4 is 10.6 Å². The summed E-state index contributed by atoms with van der Waals surface area (Å²) in [6, 6.07) is 12.7. The number of carbonyl (C=O) groups excluding carboxylic acids is 3. The lowest BCUT2D eigenvalue weighted by molar-refractivity contribution is -0.115. The van der Waals surface area contributed by atoms with Gasteiger partial charge in [-0.25, -0.2) is 0 Å². The van der Waals surface area contributed by atoms with E-state index in [-0.39, 0.29) is 29.9 Å². The van der Waals surface area contributed by atoms with Gasteiger partial charge in [-0.2, -0.15) is 0 Å². The highest BCUT2D eigenvalue weighted by Crippen LogP contribution is 2.31. The van der Waals surface area contributed by atoms with Crippen molar-refractivity contribution in [2.75, 3.05) is 24.2 Å². The van der Waals surface area contributed by atoms with Gasteiger partial charge in [-0.15, -0.1) is 11.8 Å². The number of hydrogen-bond donors (Lipinski definition) is 2. The average molecular weight is 454 g/mol. The van der Waals surface area contributed by atoms with Crippen LogP contribution in [0.3, 0.4) is 0 Å². The lowest BCUT2D eigenvalue weighted by atomic mass is 10.1. The van der Waals surface area contributed by atoms with E-state index in [1.54, 1.807) is 36.0 Å². The summed E-state index contributed by atoms with van der Waals surface area (Å²) in [5, 5.41) is 5.76. The standard InChI is InChI=1S/C24H27N3O4S/c1-15-13-27(14-16(2)31-15)24(30)18-5-3-17(4-6-18)12-25-23(29)19-7-8-21-20(11-19)26-22(28)9-10-32-21/h3-8,11,15-16H,9-10,12-14H2,1-2H3,(H,25,29)(H,26,28). The Kier molecular flexibility index (Phi) is 6.81. The summed E-state index contributed by atoms with van der Waals surface area (Å²) in [5.74, 6) is 0.469. The van der Waals surface area contributed by atoms with Crippen LogP contribution in [0.25, 0.3) is 0 Å². The van der Waals surface area contributed by atoms with Crippen molar-refractivity contribution in [3.8, 4) is 0 Å². The Balaban J connectivity index is 1.36. The fourth-order valence-electron chi connectivity index (χ4n) is 3.94. The SMILES string of the molecule is CC1CN(C(=O)c2ccc(CNC(=O)c3ccc4c(c3)NC(=O)CCS4)cc2)CC(C)O1. The molecule has 8 heteroatoms. The molecular weight excluding hydrogens is 426 g/mol. The molecule has 3 amide bonds. The number of anilines is 1. The lowest BCUT2D eigenvalue weighted by Gasteiger charge is -2.35. The molecule has 0 radical (unpaired) electrons. The van der Waals surface area contributed by atoms with Crippen molar-refractivity contribution < 1.29 is 19.1 Å². The van der Waals surface area contributed by atoms with Crippen LogP contribution in [-0.4, -0.2) is 53.7 Å². The van der Waals surface area contributed by atoms with E-state index in [9.17, 15) is 14.4 Å². The van der Waals surface area contributed by atoms with Crippen molar-refractivity contribution in [3.05, 3.63) is 59.2 Å². The number of amides is 3. The first-order valence-electron chi connectivity index (χ1n) is 10.8. The van der Waals surface area contributed by atoms with E-state index in [0.717, 1.165) is 16.2 Å². The van der Waals surface area contributed by atoms with Gasteiger partial charge in [0.05, 0.1) is 17.9 Å². The molecule has 7 nitrogen and oxygen atoms in total. The van der Waals surface area contributed by atoms with E-state index in [1.807, 2.05) is 36.9 Å². The van der Waals surface area contributed by atoms with Crippen molar-refractivity contribution in [1.82, 2.24) is 10.2 Å². The fraction of sp³-hybridized carbons (Fsp3) is 0.375. The number of ether oxygens (including phenoxy) is 1. The zero-order valence-corrected chi connectivity index (χ0v) is 19.0. The number of fused-ring (bicyclic) bond motifs is 1. The maximum Gasteiger partial charge on any atom is 0.254 e. The number of morpholine rings is 1. The quantitative estimate of drug-likeness (QED) is 0.742. The van der Waals surface area contributed by atoms with Gasteiger partial charge < -0.3 is 20.3 Å². The Morgan fingerprint density at radius 3 is 2.50 bits per heavy atom. The highest BCUT2D eigenvalue weighted by molar-refractivity contribution is 7.99. The highest BCUT2D eigenvalue weighted by atomic mass is 32.2. The third kappa shape index (κ3) is 5.31. The first-order valence-corrected chi connectivity index (χ1v) is 11.8. The molecule has 4 rings (SSSR count). The van der Waals surface area contributed by atoms with Gasteiger partial charge in [-0.05, 0) is 49.7 Å². The molecule has 1 fully saturated rings. The van der Waals surface area contributed by atoms with Crippen molar-refractivity contribution >= 4 is 35.2 Å². The molecule has 0 saturated carbocycles. The lowest BCUT2D eigenvalue weighted by Crippen LogP contribution is -2.48. The second-order valence-corrected chi connectivity index (χ2v) is 9.34.